The van der Waals surface area contributed by atoms with Gasteiger partial charge < -0.3 is 19.5 Å². The van der Waals surface area contributed by atoms with Crippen molar-refractivity contribution < 1.29 is 28.6 Å². The molecule has 0 bridgehead atoms. The second-order valence-electron chi connectivity index (χ2n) is 5.18. The van der Waals surface area contributed by atoms with Crippen molar-refractivity contribution in [2.45, 2.75) is 0 Å². The van der Waals surface area contributed by atoms with E-state index >= 15 is 0 Å². The number of benzene rings is 1. The first kappa shape index (κ1) is 17.9. The molecule has 0 saturated carbocycles. The molecule has 1 aromatic rings. The second kappa shape index (κ2) is 8.42. The summed E-state index contributed by atoms with van der Waals surface area (Å²) in [6.07, 6.45) is 0. The predicted molar refractivity (Wildman–Crippen MR) is 85.0 cm³/mol. The smallest absolute Gasteiger partial charge is 0.339 e. The number of amides is 1. The third-order valence-electron chi connectivity index (χ3n) is 3.59. The van der Waals surface area contributed by atoms with Crippen LogP contribution >= 0.6 is 0 Å². The lowest BCUT2D eigenvalue weighted by atomic mass is 10.1. The fraction of sp³-hybridized carbons (Fsp3) is 0.438. The summed E-state index contributed by atoms with van der Waals surface area (Å²) in [5.41, 5.74) is 0.607. The maximum atomic E-state index is 12.2. The molecule has 1 fully saturated rings. The maximum absolute atomic E-state index is 12.2. The first-order chi connectivity index (χ1) is 11.5. The van der Waals surface area contributed by atoms with Gasteiger partial charge in [-0.15, -0.1) is 0 Å². The van der Waals surface area contributed by atoms with E-state index in [0.717, 1.165) is 0 Å². The Kier molecular flexibility index (Phi) is 6.28. The number of rotatable bonds is 5. The van der Waals surface area contributed by atoms with Crippen molar-refractivity contribution in [3.05, 3.63) is 29.3 Å². The predicted octanol–water partition coefficient (Wildman–Crippen LogP) is 0.531. The van der Waals surface area contributed by atoms with E-state index in [4.69, 9.17) is 9.47 Å². The Morgan fingerprint density at radius 2 is 1.79 bits per heavy atom. The molecule has 0 aromatic heterocycles. The third kappa shape index (κ3) is 4.53. The molecule has 0 radical (unpaired) electrons. The Labute approximate surface area is 139 Å². The lowest BCUT2D eigenvalue weighted by Crippen LogP contribution is -2.41. The van der Waals surface area contributed by atoms with Crippen molar-refractivity contribution in [1.29, 1.82) is 0 Å². The van der Waals surface area contributed by atoms with Crippen molar-refractivity contribution in [1.82, 2.24) is 4.90 Å². The van der Waals surface area contributed by atoms with E-state index in [9.17, 15) is 14.4 Å². The largest absolute Gasteiger partial charge is 0.465 e. The molecule has 1 aromatic carbocycles. The first-order valence-corrected chi connectivity index (χ1v) is 7.45. The van der Waals surface area contributed by atoms with Crippen LogP contribution in [-0.4, -0.2) is 69.8 Å². The summed E-state index contributed by atoms with van der Waals surface area (Å²) in [5.74, 6) is -1.45. The van der Waals surface area contributed by atoms with Crippen molar-refractivity contribution >= 4 is 23.5 Å². The fourth-order valence-electron chi connectivity index (χ4n) is 2.33. The molecular formula is C16H20N2O6. The van der Waals surface area contributed by atoms with Crippen molar-refractivity contribution in [2.24, 2.45) is 0 Å². The highest BCUT2D eigenvalue weighted by molar-refractivity contribution is 6.03. The Morgan fingerprint density at radius 3 is 2.42 bits per heavy atom. The number of hydrogen-bond acceptors (Lipinski definition) is 7. The number of methoxy groups -OCH3 is 2. The van der Waals surface area contributed by atoms with Gasteiger partial charge in [-0.1, -0.05) is 0 Å². The summed E-state index contributed by atoms with van der Waals surface area (Å²) in [4.78, 5) is 37.7. The Balaban J connectivity index is 2.16. The van der Waals surface area contributed by atoms with Crippen LogP contribution in [0.2, 0.25) is 0 Å². The number of morpholine rings is 1. The standard InChI is InChI=1S/C16H20N2O6/c1-22-15(20)11-3-4-12(16(21)23-2)13(9-11)17-14(19)10-18-5-7-24-8-6-18/h3-4,9H,5-8,10H2,1-2H3,(H,17,19). The van der Waals surface area contributed by atoms with E-state index in [1.165, 1.54) is 32.4 Å². The lowest BCUT2D eigenvalue weighted by Gasteiger charge is -2.25. The quantitative estimate of drug-likeness (QED) is 0.784. The average molecular weight is 336 g/mol. The molecule has 24 heavy (non-hydrogen) atoms. The number of nitrogens with zero attached hydrogens (tertiary/aromatic N) is 1. The van der Waals surface area contributed by atoms with Crippen molar-refractivity contribution in [3.63, 3.8) is 0 Å². The van der Waals surface area contributed by atoms with Gasteiger partial charge in [0.15, 0.2) is 0 Å². The highest BCUT2D eigenvalue weighted by Gasteiger charge is 2.19. The van der Waals surface area contributed by atoms with Gasteiger partial charge in [0.25, 0.3) is 0 Å². The SMILES string of the molecule is COC(=O)c1ccc(C(=O)OC)c(NC(=O)CN2CCOCC2)c1. The Bertz CT molecular complexity index is 625. The highest BCUT2D eigenvalue weighted by atomic mass is 16.5. The minimum absolute atomic E-state index is 0.167. The van der Waals surface area contributed by atoms with E-state index in [0.29, 0.717) is 26.3 Å². The molecule has 130 valence electrons. The van der Waals surface area contributed by atoms with Gasteiger partial charge in [-0.25, -0.2) is 9.59 Å². The van der Waals surface area contributed by atoms with Crippen molar-refractivity contribution in [3.8, 4) is 0 Å². The lowest BCUT2D eigenvalue weighted by molar-refractivity contribution is -0.118. The number of hydrogen-bond donors (Lipinski definition) is 1. The number of carbonyl (C=O) groups is 3. The molecule has 1 N–H and O–H groups in total. The van der Waals surface area contributed by atoms with Crippen LogP contribution in [0.1, 0.15) is 20.7 Å². The number of carbonyl (C=O) groups excluding carboxylic acids is 3. The number of ether oxygens (including phenoxy) is 3. The summed E-state index contributed by atoms with van der Waals surface area (Å²) in [6, 6.07) is 4.26. The average Bonchev–Trinajstić information content (AvgIpc) is 2.61. The van der Waals surface area contributed by atoms with Gasteiger partial charge in [-0.2, -0.15) is 0 Å². The second-order valence-corrected chi connectivity index (χ2v) is 5.18. The van der Waals surface area contributed by atoms with Crippen LogP contribution in [0.15, 0.2) is 18.2 Å². The van der Waals surface area contributed by atoms with Gasteiger partial charge in [0.2, 0.25) is 5.91 Å². The molecule has 8 nitrogen and oxygen atoms in total. The van der Waals surface area contributed by atoms with Gasteiger partial charge in [0.05, 0.1) is 50.8 Å². The third-order valence-corrected chi connectivity index (χ3v) is 3.59. The van der Waals surface area contributed by atoms with E-state index < -0.39 is 11.9 Å². The molecule has 1 saturated heterocycles. The molecule has 0 unspecified atom stereocenters. The zero-order valence-corrected chi connectivity index (χ0v) is 13.7. The van der Waals surface area contributed by atoms with Crippen molar-refractivity contribution in [2.75, 3.05) is 52.4 Å². The summed E-state index contributed by atoms with van der Waals surface area (Å²) >= 11 is 0. The van der Waals surface area contributed by atoms with Crippen LogP contribution in [0.3, 0.4) is 0 Å². The Hall–Kier alpha value is -2.45. The minimum atomic E-state index is -0.604. The van der Waals surface area contributed by atoms with E-state index in [1.54, 1.807) is 0 Å². The minimum Gasteiger partial charge on any atom is -0.465 e. The molecular weight excluding hydrogens is 316 g/mol. The van der Waals surface area contributed by atoms with Crippen LogP contribution < -0.4 is 5.32 Å². The molecule has 0 aliphatic carbocycles. The maximum Gasteiger partial charge on any atom is 0.339 e. The topological polar surface area (TPSA) is 94.2 Å². The van der Waals surface area contributed by atoms with Gasteiger partial charge in [0.1, 0.15) is 0 Å². The molecule has 8 heteroatoms. The first-order valence-electron chi connectivity index (χ1n) is 7.45. The molecule has 1 heterocycles. The fourth-order valence-corrected chi connectivity index (χ4v) is 2.33. The molecule has 1 aliphatic rings. The molecule has 2 rings (SSSR count). The summed E-state index contributed by atoms with van der Waals surface area (Å²) < 4.78 is 14.6. The van der Waals surface area contributed by atoms with Crippen LogP contribution in [0.5, 0.6) is 0 Å². The summed E-state index contributed by atoms with van der Waals surface area (Å²) in [6.45, 7) is 2.67. The van der Waals surface area contributed by atoms with Crippen LogP contribution in [0, 0.1) is 0 Å². The van der Waals surface area contributed by atoms with Crippen LogP contribution in [0.4, 0.5) is 5.69 Å². The molecule has 1 aliphatic heterocycles. The van der Waals surface area contributed by atoms with Crippen LogP contribution in [0.25, 0.3) is 0 Å². The zero-order chi connectivity index (χ0) is 17.5. The zero-order valence-electron chi connectivity index (χ0n) is 13.7. The number of nitrogens with one attached hydrogen (secondary N) is 1. The monoisotopic (exact) mass is 336 g/mol. The number of esters is 2. The normalized spacial score (nSPS) is 14.8. The summed E-state index contributed by atoms with van der Waals surface area (Å²) in [5, 5.41) is 2.66. The molecule has 0 atom stereocenters. The van der Waals surface area contributed by atoms with Gasteiger partial charge >= 0.3 is 11.9 Å². The van der Waals surface area contributed by atoms with E-state index in [1.807, 2.05) is 4.90 Å². The highest BCUT2D eigenvalue weighted by Crippen LogP contribution is 2.20. The van der Waals surface area contributed by atoms with Gasteiger partial charge in [-0.05, 0) is 18.2 Å². The van der Waals surface area contributed by atoms with Gasteiger partial charge in [0, 0.05) is 13.1 Å². The van der Waals surface area contributed by atoms with E-state index in [2.05, 4.69) is 10.1 Å². The summed E-state index contributed by atoms with van der Waals surface area (Å²) in [7, 11) is 2.50. The van der Waals surface area contributed by atoms with Crippen LogP contribution in [-0.2, 0) is 19.0 Å². The molecule has 1 amide bonds. The number of anilines is 1. The molecule has 0 spiro atoms. The Morgan fingerprint density at radius 1 is 1.12 bits per heavy atom. The van der Waals surface area contributed by atoms with Gasteiger partial charge in [-0.3, -0.25) is 9.69 Å². The van der Waals surface area contributed by atoms with E-state index in [-0.39, 0.29) is 29.3 Å².